The van der Waals surface area contributed by atoms with Gasteiger partial charge in [-0.3, -0.25) is 0 Å². The Morgan fingerprint density at radius 1 is 0.348 bits per heavy atom. The first-order valence-electron chi connectivity index (χ1n) is 24.2. The molecule has 1 aliphatic carbocycles. The Balaban J connectivity index is 1.10. The molecule has 0 saturated heterocycles. The van der Waals surface area contributed by atoms with E-state index in [1.165, 1.54) is 101 Å². The normalized spacial score (nSPS) is 14.8. The molecule has 0 aromatic heterocycles. The standard InChI is InChI=1S/C65H43BGeN2/c1-5-23-45(24-6-1)67(46-25-7-2-8-26-46)56-36-19-17-34-52(56)65(53-35-18-20-37-57(53)67)51-33-16-15-32-50(51)61-54(65)41-42-55-64(61)69(48-29-11-4-12-30-48)59-39-21-38-58-63(59)66(55)62-49-31-14-13-22-44(49)40-43-60(62)68(58)47-27-9-3-10-28-47/h1-43H. The average molecular weight is 935 g/mol. The van der Waals surface area contributed by atoms with Gasteiger partial charge in [-0.15, -0.1) is 0 Å². The predicted molar refractivity (Wildman–Crippen MR) is 292 cm³/mol. The van der Waals surface area contributed by atoms with E-state index in [1.54, 1.807) is 0 Å². The summed E-state index contributed by atoms with van der Waals surface area (Å²) < 4.78 is 5.90. The maximum atomic E-state index is 2.62. The molecule has 0 atom stereocenters. The number of hydrogen-bond donors (Lipinski definition) is 0. The fourth-order valence-corrected chi connectivity index (χ4v) is 24.7. The average Bonchev–Trinajstić information content (AvgIpc) is 3.73. The second kappa shape index (κ2) is 14.7. The maximum absolute atomic E-state index is 3.69. The number of fused-ring (bicyclic) bond motifs is 16. The van der Waals surface area contributed by atoms with Crippen molar-refractivity contribution in [2.45, 2.75) is 5.41 Å². The Hall–Kier alpha value is -8.11. The van der Waals surface area contributed by atoms with Crippen molar-refractivity contribution in [3.05, 3.63) is 283 Å². The Bertz CT molecular complexity index is 3780. The Kier molecular flexibility index (Phi) is 8.29. The first-order chi connectivity index (χ1) is 34.3. The van der Waals surface area contributed by atoms with Crippen LogP contribution >= 0.6 is 0 Å². The van der Waals surface area contributed by atoms with Crippen molar-refractivity contribution in [2.24, 2.45) is 0 Å². The smallest absolute Gasteiger partial charge is 0.0380 e. The predicted octanol–water partition coefficient (Wildman–Crippen LogP) is 11.0. The maximum Gasteiger partial charge on any atom is -0.0380 e. The summed E-state index contributed by atoms with van der Waals surface area (Å²) in [6.07, 6.45) is 0. The van der Waals surface area contributed by atoms with Gasteiger partial charge in [0, 0.05) is 0 Å². The molecule has 0 N–H and O–H groups in total. The van der Waals surface area contributed by atoms with E-state index >= 15 is 0 Å². The van der Waals surface area contributed by atoms with Gasteiger partial charge in [-0.2, -0.15) is 0 Å². The van der Waals surface area contributed by atoms with Crippen molar-refractivity contribution in [2.75, 3.05) is 9.80 Å². The summed E-state index contributed by atoms with van der Waals surface area (Å²) in [6.45, 7) is -0.0361. The molecule has 320 valence electrons. The third kappa shape index (κ3) is 5.02. The van der Waals surface area contributed by atoms with E-state index in [2.05, 4.69) is 271 Å². The van der Waals surface area contributed by atoms with Crippen LogP contribution in [0.25, 0.3) is 21.9 Å². The molecule has 3 aliphatic heterocycles. The van der Waals surface area contributed by atoms with Crippen LogP contribution < -0.4 is 43.8 Å². The SMILES string of the molecule is c1ccc(N2c3cccc4c3B(c3ccc5c(c3N4c3ccccc3)-c3ccccc3C53c4cccc[c]4[Ge]([c]4ccccc4)([c]4ccccc4)[c]4ccccc43)c3c2ccc2ccccc32)cc1. The quantitative estimate of drug-likeness (QED) is 0.162. The Labute approximate surface area is 405 Å². The van der Waals surface area contributed by atoms with Gasteiger partial charge in [-0.1, -0.05) is 24.3 Å². The van der Waals surface area contributed by atoms with Crippen molar-refractivity contribution in [1.82, 2.24) is 0 Å². The van der Waals surface area contributed by atoms with Gasteiger partial charge in [0.25, 0.3) is 0 Å². The van der Waals surface area contributed by atoms with Crippen LogP contribution in [0.2, 0.25) is 0 Å². The zero-order valence-corrected chi connectivity index (χ0v) is 39.9. The van der Waals surface area contributed by atoms with E-state index in [9.17, 15) is 0 Å². The van der Waals surface area contributed by atoms with E-state index in [4.69, 9.17) is 0 Å². The van der Waals surface area contributed by atoms with E-state index < -0.39 is 18.7 Å². The van der Waals surface area contributed by atoms with Crippen molar-refractivity contribution in [3.63, 3.8) is 0 Å². The topological polar surface area (TPSA) is 6.48 Å². The summed E-state index contributed by atoms with van der Waals surface area (Å²) in [5.41, 5.74) is 18.8. The molecule has 0 saturated carbocycles. The molecule has 4 aliphatic rings. The molecular weight excluding hydrogens is 892 g/mol. The van der Waals surface area contributed by atoms with Crippen LogP contribution in [0, 0.1) is 0 Å². The molecule has 0 radical (unpaired) electrons. The minimum Gasteiger partial charge on any atom is -0.0602 e. The summed E-state index contributed by atoms with van der Waals surface area (Å²) in [7, 11) is 0. The zero-order valence-electron chi connectivity index (χ0n) is 37.8. The number of nitrogens with zero attached hydrogens (tertiary/aromatic N) is 2. The fraction of sp³-hybridized carbons (Fsp3) is 0.0154. The van der Waals surface area contributed by atoms with E-state index in [0.717, 1.165) is 11.4 Å². The molecule has 3 heterocycles. The van der Waals surface area contributed by atoms with Crippen LogP contribution in [0.1, 0.15) is 22.3 Å². The molecule has 0 bridgehead atoms. The van der Waals surface area contributed by atoms with Gasteiger partial charge in [0.2, 0.25) is 0 Å². The molecule has 0 amide bonds. The Morgan fingerprint density at radius 3 is 1.51 bits per heavy atom. The van der Waals surface area contributed by atoms with Crippen LogP contribution in [-0.2, 0) is 5.41 Å². The molecular formula is C65H43BGeN2. The first kappa shape index (κ1) is 38.9. The van der Waals surface area contributed by atoms with Gasteiger partial charge in [-0.25, -0.2) is 0 Å². The minimum atomic E-state index is -3.69. The van der Waals surface area contributed by atoms with E-state index in [1.807, 2.05) is 0 Å². The number of benzene rings is 11. The molecule has 11 aromatic carbocycles. The van der Waals surface area contributed by atoms with Crippen molar-refractivity contribution < 1.29 is 0 Å². The summed E-state index contributed by atoms with van der Waals surface area (Å²) in [6, 6.07) is 99.5. The van der Waals surface area contributed by atoms with E-state index in [-0.39, 0.29) is 6.71 Å². The van der Waals surface area contributed by atoms with Crippen molar-refractivity contribution in [1.29, 1.82) is 0 Å². The summed E-state index contributed by atoms with van der Waals surface area (Å²) in [4.78, 5) is 5.13. The summed E-state index contributed by atoms with van der Waals surface area (Å²) >= 11 is -3.69. The Morgan fingerprint density at radius 2 is 0.855 bits per heavy atom. The first-order valence-corrected chi connectivity index (χ1v) is 28.4. The van der Waals surface area contributed by atoms with Gasteiger partial charge in [0.15, 0.2) is 0 Å². The largest absolute Gasteiger partial charge is 0.0602 e. The van der Waals surface area contributed by atoms with Gasteiger partial charge in [0.1, 0.15) is 0 Å². The number of para-hydroxylation sites is 2. The molecule has 11 aromatic rings. The van der Waals surface area contributed by atoms with Gasteiger partial charge in [-0.05, 0) is 12.1 Å². The third-order valence-corrected chi connectivity index (χ3v) is 26.2. The van der Waals surface area contributed by atoms with Crippen LogP contribution in [0.4, 0.5) is 34.1 Å². The second-order valence-corrected chi connectivity index (χ2v) is 26.8. The summed E-state index contributed by atoms with van der Waals surface area (Å²) in [5.74, 6) is 0. The molecule has 2 nitrogen and oxygen atoms in total. The van der Waals surface area contributed by atoms with Crippen LogP contribution in [-0.4, -0.2) is 20.0 Å². The van der Waals surface area contributed by atoms with Gasteiger partial charge >= 0.3 is 372 Å². The monoisotopic (exact) mass is 936 g/mol. The number of hydrogen-bond acceptors (Lipinski definition) is 2. The third-order valence-electron chi connectivity index (χ3n) is 16.0. The molecule has 0 unspecified atom stereocenters. The van der Waals surface area contributed by atoms with E-state index in [0.29, 0.717) is 0 Å². The molecule has 4 heteroatoms. The van der Waals surface area contributed by atoms with Crippen LogP contribution in [0.5, 0.6) is 0 Å². The number of rotatable bonds is 4. The fourth-order valence-electron chi connectivity index (χ4n) is 13.6. The second-order valence-electron chi connectivity index (χ2n) is 19.0. The van der Waals surface area contributed by atoms with Crippen molar-refractivity contribution in [3.8, 4) is 11.1 Å². The summed E-state index contributed by atoms with van der Waals surface area (Å²) in [5, 5.41) is 2.54. The molecule has 0 fully saturated rings. The number of anilines is 6. The molecule has 15 rings (SSSR count). The minimum absolute atomic E-state index is 0.0361. The van der Waals surface area contributed by atoms with Gasteiger partial charge in [0.05, 0.1) is 0 Å². The zero-order chi connectivity index (χ0) is 45.3. The molecule has 1 spiro atoms. The van der Waals surface area contributed by atoms with Crippen LogP contribution in [0.15, 0.2) is 261 Å². The van der Waals surface area contributed by atoms with Gasteiger partial charge < -0.3 is 0 Å². The van der Waals surface area contributed by atoms with Crippen molar-refractivity contribution >= 4 is 98.8 Å². The molecule has 69 heavy (non-hydrogen) atoms. The van der Waals surface area contributed by atoms with Crippen LogP contribution in [0.3, 0.4) is 0 Å².